The first-order valence-corrected chi connectivity index (χ1v) is 40.1. The Kier molecular flexibility index (Phi) is 30.6. The van der Waals surface area contributed by atoms with Gasteiger partial charge < -0.3 is 67.0 Å². The summed E-state index contributed by atoms with van der Waals surface area (Å²) >= 11 is 0. The van der Waals surface area contributed by atoms with Crippen molar-refractivity contribution in [2.45, 2.75) is 184 Å². The standard InChI is InChI=1S/C57H96N8O13Si3/c1-79(2,3)37-34-75-54(71)59-31-19-15-27-46(63-52(68)48(26-14-18-30-58)65-57(74)78-40-45-43-24-12-10-22-41(43)42-23-11-13-25-44(42)45)50(66)62-47(28-16-20-32-60-55(72)76-35-38-80(4,5)6)51(67)64-49(53(69)70)29-17-21-33-61-56(73)77-36-39-81(7,8)9/h10-13,22-25,45-49H,14-21,26-40,58H2,1-9H3,(H,59,71)(H,60,72)(H,61,73)(H,62,66)(H,63,68)(H,64,67)(H,65,74)(H,69,70)/t46-,47-,48-,49-/m0/s1. The van der Waals surface area contributed by atoms with Crippen molar-refractivity contribution >= 4 is 72.3 Å². The largest absolute Gasteiger partial charge is 0.480 e. The van der Waals surface area contributed by atoms with Gasteiger partial charge in [-0.05, 0) is 124 Å². The van der Waals surface area contributed by atoms with Gasteiger partial charge in [0.1, 0.15) is 30.8 Å². The summed E-state index contributed by atoms with van der Waals surface area (Å²) in [6.45, 7) is 21.5. The molecule has 0 spiro atoms. The van der Waals surface area contributed by atoms with Gasteiger partial charge in [0.05, 0.1) is 19.8 Å². The number of aliphatic carboxylic acids is 1. The van der Waals surface area contributed by atoms with Crippen molar-refractivity contribution in [3.63, 3.8) is 0 Å². The van der Waals surface area contributed by atoms with Crippen LogP contribution in [0.3, 0.4) is 0 Å². The van der Waals surface area contributed by atoms with E-state index in [1.807, 2.05) is 48.5 Å². The lowest BCUT2D eigenvalue weighted by molar-refractivity contribution is -0.142. The first-order valence-electron chi connectivity index (χ1n) is 28.9. The molecule has 7 amide bonds. The quantitative estimate of drug-likeness (QED) is 0.0174. The molecule has 0 fully saturated rings. The van der Waals surface area contributed by atoms with Gasteiger partial charge in [-0.25, -0.2) is 24.0 Å². The molecule has 2 aromatic rings. The Balaban J connectivity index is 1.81. The molecule has 0 unspecified atom stereocenters. The van der Waals surface area contributed by atoms with E-state index < -0.39 is 96.5 Å². The number of carboxylic acids is 1. The third-order valence-corrected chi connectivity index (χ3v) is 18.7. The zero-order chi connectivity index (χ0) is 60.0. The van der Waals surface area contributed by atoms with Crippen molar-refractivity contribution in [3.8, 4) is 11.1 Å². The van der Waals surface area contributed by atoms with E-state index in [9.17, 15) is 43.5 Å². The van der Waals surface area contributed by atoms with Gasteiger partial charge in [0.25, 0.3) is 0 Å². The first-order chi connectivity index (χ1) is 38.3. The van der Waals surface area contributed by atoms with Gasteiger partial charge >= 0.3 is 30.3 Å². The molecule has 0 saturated carbocycles. The molecule has 0 bridgehead atoms. The molecule has 1 aliphatic carbocycles. The normalized spacial score (nSPS) is 13.7. The van der Waals surface area contributed by atoms with E-state index >= 15 is 0 Å². The molecule has 2 aromatic carbocycles. The lowest BCUT2D eigenvalue weighted by Gasteiger charge is -2.26. The monoisotopic (exact) mass is 1180 g/mol. The van der Waals surface area contributed by atoms with E-state index in [2.05, 4.69) is 96.1 Å². The molecule has 81 heavy (non-hydrogen) atoms. The maximum atomic E-state index is 14.6. The summed E-state index contributed by atoms with van der Waals surface area (Å²) < 4.78 is 21.8. The fourth-order valence-electron chi connectivity index (χ4n) is 8.65. The minimum atomic E-state index is -1.44. The lowest BCUT2D eigenvalue weighted by atomic mass is 9.98. The highest BCUT2D eigenvalue weighted by Crippen LogP contribution is 2.44. The summed E-state index contributed by atoms with van der Waals surface area (Å²) in [5.41, 5.74) is 9.95. The Morgan fingerprint density at radius 2 is 0.790 bits per heavy atom. The molecule has 0 aromatic heterocycles. The number of rotatable bonds is 38. The fourth-order valence-corrected chi connectivity index (χ4v) is 10.8. The lowest BCUT2D eigenvalue weighted by Crippen LogP contribution is -2.57. The Hall–Kier alpha value is -5.99. The van der Waals surface area contributed by atoms with E-state index in [0.29, 0.717) is 77.7 Å². The molecule has 0 heterocycles. The van der Waals surface area contributed by atoms with Gasteiger partial charge in [0.2, 0.25) is 17.7 Å². The van der Waals surface area contributed by atoms with Gasteiger partial charge in [-0.2, -0.15) is 0 Å². The minimum Gasteiger partial charge on any atom is -0.480 e. The Labute approximate surface area is 483 Å². The third-order valence-electron chi connectivity index (χ3n) is 13.6. The summed E-state index contributed by atoms with van der Waals surface area (Å²) in [5, 5.41) is 29.2. The van der Waals surface area contributed by atoms with Gasteiger partial charge in [0, 0.05) is 49.8 Å². The summed E-state index contributed by atoms with van der Waals surface area (Å²) in [7, 11) is -4.28. The summed E-state index contributed by atoms with van der Waals surface area (Å²) in [6.07, 6.45) is 0.788. The van der Waals surface area contributed by atoms with Gasteiger partial charge in [-0.1, -0.05) is 107 Å². The average molecular weight is 1190 g/mol. The number of carbonyl (C=O) groups excluding carboxylic acids is 7. The molecule has 3 rings (SSSR count). The summed E-state index contributed by atoms with van der Waals surface area (Å²) in [5.74, 6) is -3.75. The second-order valence-electron chi connectivity index (χ2n) is 24.4. The fraction of sp³-hybridized carbons (Fsp3) is 0.649. The molecule has 1 aliphatic rings. The number of carbonyl (C=O) groups is 8. The van der Waals surface area contributed by atoms with Crippen LogP contribution in [-0.2, 0) is 38.1 Å². The van der Waals surface area contributed by atoms with Gasteiger partial charge in [0.15, 0.2) is 0 Å². The van der Waals surface area contributed by atoms with E-state index in [0.717, 1.165) is 40.4 Å². The number of nitrogens with two attached hydrogens (primary N) is 1. The van der Waals surface area contributed by atoms with Gasteiger partial charge in [-0.3, -0.25) is 14.4 Å². The van der Waals surface area contributed by atoms with Crippen LogP contribution in [0.1, 0.15) is 94.1 Å². The molecule has 21 nitrogen and oxygen atoms in total. The van der Waals surface area contributed by atoms with Crippen LogP contribution in [0.25, 0.3) is 11.1 Å². The summed E-state index contributed by atoms with van der Waals surface area (Å²) in [6, 6.07) is 13.2. The highest BCUT2D eigenvalue weighted by molar-refractivity contribution is 6.76. The molecule has 0 aliphatic heterocycles. The molecule has 10 N–H and O–H groups in total. The van der Waals surface area contributed by atoms with Gasteiger partial charge in [-0.15, -0.1) is 0 Å². The number of carboxylic acid groups (broad SMARTS) is 1. The van der Waals surface area contributed by atoms with Crippen LogP contribution in [0.15, 0.2) is 48.5 Å². The van der Waals surface area contributed by atoms with Crippen molar-refractivity contribution in [1.82, 2.24) is 37.2 Å². The number of ether oxygens (including phenoxy) is 4. The smallest absolute Gasteiger partial charge is 0.407 e. The third kappa shape index (κ3) is 29.0. The van der Waals surface area contributed by atoms with E-state index in [4.69, 9.17) is 24.7 Å². The number of amides is 7. The maximum absolute atomic E-state index is 14.6. The topological polar surface area (TPSA) is 304 Å². The van der Waals surface area contributed by atoms with E-state index in [1.54, 1.807) is 0 Å². The Bertz CT molecular complexity index is 2280. The highest BCUT2D eigenvalue weighted by atomic mass is 28.3. The number of hydrogen-bond acceptors (Lipinski definition) is 13. The van der Waals surface area contributed by atoms with E-state index in [1.165, 1.54) is 0 Å². The second kappa shape index (κ2) is 35.8. The molecule has 24 heteroatoms. The van der Waals surface area contributed by atoms with Crippen molar-refractivity contribution in [1.29, 1.82) is 0 Å². The van der Waals surface area contributed by atoms with Crippen LogP contribution in [0.2, 0.25) is 77.1 Å². The maximum Gasteiger partial charge on any atom is 0.407 e. The number of nitrogens with one attached hydrogen (secondary N) is 7. The molecule has 0 radical (unpaired) electrons. The predicted molar refractivity (Wildman–Crippen MR) is 322 cm³/mol. The predicted octanol–water partition coefficient (Wildman–Crippen LogP) is 8.27. The number of alkyl carbamates (subject to hydrolysis) is 4. The van der Waals surface area contributed by atoms with Crippen LogP contribution < -0.4 is 43.0 Å². The van der Waals surface area contributed by atoms with Crippen LogP contribution in [0.4, 0.5) is 19.2 Å². The minimum absolute atomic E-state index is 0.000382. The molecule has 4 atom stereocenters. The molecule has 454 valence electrons. The van der Waals surface area contributed by atoms with Crippen LogP contribution in [0, 0.1) is 0 Å². The average Bonchev–Trinajstić information content (AvgIpc) is 3.78. The number of benzene rings is 2. The first kappa shape index (κ1) is 69.3. The number of unbranched alkanes of at least 4 members (excludes halogenated alkanes) is 4. The molecule has 0 saturated heterocycles. The molecular formula is C57H96N8O13Si3. The SMILES string of the molecule is C[Si](C)(C)CCOC(=O)NCCCC[C@H](NC(=O)[C@H](CCCCNC(=O)OCC[Si](C)(C)C)NC(=O)[C@H](CCCCNC(=O)OCC[Si](C)(C)C)NC(=O)[C@H](CCCCN)NC(=O)OCC1c2ccccc2-c2ccccc21)C(=O)O. The second-order valence-corrected chi connectivity index (χ2v) is 41.3. The Morgan fingerprint density at radius 3 is 1.15 bits per heavy atom. The number of hydrogen-bond donors (Lipinski definition) is 9. The van der Waals surface area contributed by atoms with E-state index in [-0.39, 0.29) is 57.8 Å². The van der Waals surface area contributed by atoms with Crippen molar-refractivity contribution in [2.75, 3.05) is 52.6 Å². The zero-order valence-corrected chi connectivity index (χ0v) is 52.7. The highest BCUT2D eigenvalue weighted by Gasteiger charge is 2.33. The van der Waals surface area contributed by atoms with Crippen LogP contribution in [-0.4, -0.2) is 154 Å². The van der Waals surface area contributed by atoms with Crippen LogP contribution >= 0.6 is 0 Å². The van der Waals surface area contributed by atoms with Crippen molar-refractivity contribution < 1.29 is 62.4 Å². The van der Waals surface area contributed by atoms with Crippen molar-refractivity contribution in [3.05, 3.63) is 59.7 Å². The Morgan fingerprint density at radius 1 is 0.457 bits per heavy atom. The number of fused-ring (bicyclic) bond motifs is 3. The molecular weight excluding hydrogens is 1090 g/mol. The van der Waals surface area contributed by atoms with Crippen LogP contribution in [0.5, 0.6) is 0 Å². The zero-order valence-electron chi connectivity index (χ0n) is 49.7. The van der Waals surface area contributed by atoms with Crippen molar-refractivity contribution in [2.24, 2.45) is 5.73 Å². The summed E-state index contributed by atoms with van der Waals surface area (Å²) in [4.78, 5) is 106.